The van der Waals surface area contributed by atoms with E-state index < -0.39 is 15.7 Å². The van der Waals surface area contributed by atoms with Crippen LogP contribution in [0.2, 0.25) is 0 Å². The second kappa shape index (κ2) is 4.92. The topological polar surface area (TPSA) is 104 Å². The third kappa shape index (κ3) is 3.25. The molecule has 2 rings (SSSR count). The predicted molar refractivity (Wildman–Crippen MR) is 67.3 cm³/mol. The van der Waals surface area contributed by atoms with E-state index in [1.165, 1.54) is 22.9 Å². The van der Waals surface area contributed by atoms with Crippen LogP contribution in [-0.2, 0) is 16.4 Å². The Bertz CT molecular complexity index is 698. The monoisotopic (exact) mass is 285 g/mol. The number of sulfone groups is 1. The number of anilines is 1. The second-order valence-electron chi connectivity index (χ2n) is 4.09. The largest absolute Gasteiger partial charge is 0.398 e. The average Bonchev–Trinajstić information content (AvgIpc) is 2.77. The Hall–Kier alpha value is -2.03. The molecule has 0 atom stereocenters. The van der Waals surface area contributed by atoms with Crippen LogP contribution in [0, 0.1) is 5.82 Å². The van der Waals surface area contributed by atoms with Crippen molar-refractivity contribution in [3.05, 3.63) is 24.0 Å². The van der Waals surface area contributed by atoms with Crippen molar-refractivity contribution in [2.75, 3.05) is 17.7 Å². The number of halogens is 1. The van der Waals surface area contributed by atoms with E-state index >= 15 is 0 Å². The van der Waals surface area contributed by atoms with E-state index in [0.29, 0.717) is 11.3 Å². The highest BCUT2D eigenvalue weighted by Crippen LogP contribution is 2.24. The Morgan fingerprint density at radius 1 is 1.42 bits per heavy atom. The first kappa shape index (κ1) is 13.4. The Labute approximate surface area is 109 Å². The van der Waals surface area contributed by atoms with Gasteiger partial charge < -0.3 is 5.73 Å². The average molecular weight is 285 g/mol. The zero-order valence-electron chi connectivity index (χ0n) is 10.1. The van der Waals surface area contributed by atoms with Crippen molar-refractivity contribution in [1.29, 1.82) is 0 Å². The number of tetrazole rings is 1. The van der Waals surface area contributed by atoms with Gasteiger partial charge >= 0.3 is 0 Å². The molecule has 0 aliphatic heterocycles. The van der Waals surface area contributed by atoms with Gasteiger partial charge in [0.15, 0.2) is 5.82 Å². The summed E-state index contributed by atoms with van der Waals surface area (Å²) in [6.07, 6.45) is 1.12. The van der Waals surface area contributed by atoms with E-state index in [4.69, 9.17) is 5.73 Å². The Morgan fingerprint density at radius 3 is 2.84 bits per heavy atom. The van der Waals surface area contributed by atoms with E-state index in [-0.39, 0.29) is 18.1 Å². The summed E-state index contributed by atoms with van der Waals surface area (Å²) in [6.45, 7) is 0.0805. The lowest BCUT2D eigenvalue weighted by atomic mass is 10.1. The molecular weight excluding hydrogens is 273 g/mol. The van der Waals surface area contributed by atoms with Gasteiger partial charge in [-0.15, -0.1) is 5.10 Å². The molecule has 0 saturated carbocycles. The number of nitrogens with two attached hydrogens (primary N) is 1. The minimum atomic E-state index is -3.14. The first-order valence-electron chi connectivity index (χ1n) is 5.36. The number of aromatic nitrogens is 4. The summed E-state index contributed by atoms with van der Waals surface area (Å²) in [6, 6.07) is 3.84. The Kier molecular flexibility index (Phi) is 3.47. The molecule has 2 N–H and O–H groups in total. The second-order valence-corrected chi connectivity index (χ2v) is 6.35. The number of aryl methyl sites for hydroxylation is 1. The van der Waals surface area contributed by atoms with Crippen LogP contribution < -0.4 is 5.73 Å². The van der Waals surface area contributed by atoms with Crippen LogP contribution in [0.15, 0.2) is 18.2 Å². The van der Waals surface area contributed by atoms with Gasteiger partial charge in [0, 0.05) is 17.5 Å². The summed E-state index contributed by atoms with van der Waals surface area (Å²) in [5, 5.41) is 10.9. The maximum atomic E-state index is 13.2. The van der Waals surface area contributed by atoms with Crippen molar-refractivity contribution in [2.24, 2.45) is 0 Å². The van der Waals surface area contributed by atoms with E-state index in [0.717, 1.165) is 6.26 Å². The summed E-state index contributed by atoms with van der Waals surface area (Å²) >= 11 is 0. The fourth-order valence-corrected chi connectivity index (χ4v) is 2.03. The summed E-state index contributed by atoms with van der Waals surface area (Å²) < 4.78 is 36.8. The number of rotatable bonds is 4. The lowest BCUT2D eigenvalue weighted by Crippen LogP contribution is -2.13. The molecule has 0 aliphatic rings. The van der Waals surface area contributed by atoms with E-state index in [9.17, 15) is 12.8 Å². The first-order chi connectivity index (χ1) is 8.87. The molecule has 0 saturated heterocycles. The molecule has 102 valence electrons. The smallest absolute Gasteiger partial charge is 0.184 e. The molecule has 0 fully saturated rings. The van der Waals surface area contributed by atoms with Crippen LogP contribution in [0.1, 0.15) is 0 Å². The Morgan fingerprint density at radius 2 is 2.16 bits per heavy atom. The van der Waals surface area contributed by atoms with Gasteiger partial charge in [-0.05, 0) is 28.6 Å². The van der Waals surface area contributed by atoms with Gasteiger partial charge in [-0.25, -0.2) is 17.5 Å². The molecule has 1 aromatic heterocycles. The highest BCUT2D eigenvalue weighted by atomic mass is 32.2. The van der Waals surface area contributed by atoms with Gasteiger partial charge in [-0.2, -0.15) is 0 Å². The van der Waals surface area contributed by atoms with Gasteiger partial charge in [0.05, 0.1) is 12.3 Å². The molecule has 9 heteroatoms. The predicted octanol–water partition coefficient (Wildman–Crippen LogP) is 0.106. The molecule has 2 aromatic rings. The standard InChI is InChI=1S/C10H12FN5O2S/c1-19(17,18)5-4-16-10(13-14-15-16)8-6-7(11)2-3-9(8)12/h2-3,6H,4-5,12H2,1H3. The molecule has 0 radical (unpaired) electrons. The van der Waals surface area contributed by atoms with Crippen LogP contribution in [0.25, 0.3) is 11.4 Å². The summed E-state index contributed by atoms with van der Waals surface area (Å²) in [5.41, 5.74) is 6.39. The van der Waals surface area contributed by atoms with E-state index in [1.807, 2.05) is 0 Å². The van der Waals surface area contributed by atoms with Crippen LogP contribution in [0.5, 0.6) is 0 Å². The minimum Gasteiger partial charge on any atom is -0.398 e. The lowest BCUT2D eigenvalue weighted by Gasteiger charge is -2.06. The van der Waals surface area contributed by atoms with Crippen molar-refractivity contribution in [1.82, 2.24) is 20.2 Å². The maximum Gasteiger partial charge on any atom is 0.184 e. The molecule has 0 amide bonds. The summed E-state index contributed by atoms with van der Waals surface area (Å²) in [7, 11) is -3.14. The van der Waals surface area contributed by atoms with Crippen LogP contribution in [-0.4, -0.2) is 40.6 Å². The fraction of sp³-hybridized carbons (Fsp3) is 0.300. The normalized spacial score (nSPS) is 11.7. The van der Waals surface area contributed by atoms with Gasteiger partial charge in [0.2, 0.25) is 0 Å². The van der Waals surface area contributed by atoms with Crippen LogP contribution >= 0.6 is 0 Å². The number of nitrogens with zero attached hydrogens (tertiary/aromatic N) is 4. The molecule has 0 unspecified atom stereocenters. The molecule has 19 heavy (non-hydrogen) atoms. The highest BCUT2D eigenvalue weighted by Gasteiger charge is 2.14. The van der Waals surface area contributed by atoms with Gasteiger partial charge in [-0.3, -0.25) is 0 Å². The minimum absolute atomic E-state index is 0.0805. The zero-order valence-corrected chi connectivity index (χ0v) is 10.9. The van der Waals surface area contributed by atoms with Gasteiger partial charge in [0.1, 0.15) is 15.7 Å². The maximum absolute atomic E-state index is 13.2. The lowest BCUT2D eigenvalue weighted by molar-refractivity contribution is 0.581. The van der Waals surface area contributed by atoms with Crippen molar-refractivity contribution in [2.45, 2.75) is 6.54 Å². The fourth-order valence-electron chi connectivity index (χ4n) is 1.52. The number of nitrogen functional groups attached to an aromatic ring is 1. The first-order valence-corrected chi connectivity index (χ1v) is 7.42. The third-order valence-corrected chi connectivity index (χ3v) is 3.39. The van der Waals surface area contributed by atoms with Crippen LogP contribution in [0.3, 0.4) is 0 Å². The molecular formula is C10H12FN5O2S. The molecule has 0 aliphatic carbocycles. The van der Waals surface area contributed by atoms with Crippen molar-refractivity contribution in [3.63, 3.8) is 0 Å². The Balaban J connectivity index is 2.36. The van der Waals surface area contributed by atoms with E-state index in [1.54, 1.807) is 0 Å². The van der Waals surface area contributed by atoms with Crippen molar-refractivity contribution >= 4 is 15.5 Å². The van der Waals surface area contributed by atoms with Crippen molar-refractivity contribution < 1.29 is 12.8 Å². The highest BCUT2D eigenvalue weighted by molar-refractivity contribution is 7.90. The van der Waals surface area contributed by atoms with Crippen LogP contribution in [0.4, 0.5) is 10.1 Å². The molecule has 7 nitrogen and oxygen atoms in total. The number of benzene rings is 1. The quantitative estimate of drug-likeness (QED) is 0.799. The van der Waals surface area contributed by atoms with Gasteiger partial charge in [-0.1, -0.05) is 0 Å². The molecule has 0 spiro atoms. The molecule has 1 heterocycles. The molecule has 0 bridgehead atoms. The number of hydrogen-bond acceptors (Lipinski definition) is 6. The molecule has 1 aromatic carbocycles. The summed E-state index contributed by atoms with van der Waals surface area (Å²) in [4.78, 5) is 0. The van der Waals surface area contributed by atoms with Crippen molar-refractivity contribution in [3.8, 4) is 11.4 Å². The SMILES string of the molecule is CS(=O)(=O)CCn1nnnc1-c1cc(F)ccc1N. The third-order valence-electron chi connectivity index (χ3n) is 2.46. The number of hydrogen-bond donors (Lipinski definition) is 1. The zero-order chi connectivity index (χ0) is 14.0. The van der Waals surface area contributed by atoms with E-state index in [2.05, 4.69) is 15.5 Å². The van der Waals surface area contributed by atoms with Gasteiger partial charge in [0.25, 0.3) is 0 Å². The summed E-state index contributed by atoms with van der Waals surface area (Å²) in [5.74, 6) is -0.345.